The maximum Gasteiger partial charge on any atom is 0.321 e. The summed E-state index contributed by atoms with van der Waals surface area (Å²) < 4.78 is 5.49. The Labute approximate surface area is 131 Å². The minimum absolute atomic E-state index is 0.0204. The van der Waals surface area contributed by atoms with Gasteiger partial charge in [-0.3, -0.25) is 10.1 Å². The average molecular weight is 320 g/mol. The Bertz CT molecular complexity index is 672. The number of carbonyl (C=O) groups excluding carboxylic acids is 2. The molecule has 0 saturated heterocycles. The zero-order valence-corrected chi connectivity index (χ0v) is 13.1. The Morgan fingerprint density at radius 2 is 2.14 bits per heavy atom. The van der Waals surface area contributed by atoms with Crippen molar-refractivity contribution in [1.82, 2.24) is 20.8 Å². The number of rotatable bonds is 5. The Morgan fingerprint density at radius 3 is 2.86 bits per heavy atom. The highest BCUT2D eigenvalue weighted by Gasteiger charge is 2.12. The summed E-state index contributed by atoms with van der Waals surface area (Å²) in [7, 11) is 0. The largest absolute Gasteiger partial charge is 0.411 e. The molecule has 0 spiro atoms. The third-order valence-electron chi connectivity index (χ3n) is 2.59. The first kappa shape index (κ1) is 16.0. The van der Waals surface area contributed by atoms with Gasteiger partial charge in [-0.05, 0) is 26.0 Å². The van der Waals surface area contributed by atoms with Gasteiger partial charge in [0.25, 0.3) is 5.22 Å². The van der Waals surface area contributed by atoms with Crippen LogP contribution in [0, 0.1) is 6.92 Å². The van der Waals surface area contributed by atoms with Gasteiger partial charge in [0.15, 0.2) is 0 Å². The molecule has 0 aliphatic rings. The van der Waals surface area contributed by atoms with E-state index in [-0.39, 0.29) is 11.0 Å². The number of imide groups is 1. The number of hydrogen-bond donors (Lipinski definition) is 2. The van der Waals surface area contributed by atoms with Crippen molar-refractivity contribution >= 4 is 23.7 Å². The Kier molecular flexibility index (Phi) is 5.54. The van der Waals surface area contributed by atoms with E-state index in [9.17, 15) is 9.59 Å². The summed E-state index contributed by atoms with van der Waals surface area (Å²) in [6.07, 6.45) is 0. The van der Waals surface area contributed by atoms with Gasteiger partial charge in [-0.25, -0.2) is 4.79 Å². The Hall–Kier alpha value is -2.35. The topological polar surface area (TPSA) is 97.1 Å². The standard InChI is InChI=1S/C14H16N4O3S/c1-3-15-13(20)16-11(19)8-22-14-18-17-12(21-14)10-6-4-5-9(2)7-10/h4-7H,3,8H2,1-2H3,(H2,15,16,19,20). The molecule has 0 aliphatic carbocycles. The minimum Gasteiger partial charge on any atom is -0.411 e. The van der Waals surface area contributed by atoms with Gasteiger partial charge in [-0.2, -0.15) is 0 Å². The van der Waals surface area contributed by atoms with E-state index in [2.05, 4.69) is 20.8 Å². The van der Waals surface area contributed by atoms with Crippen LogP contribution in [-0.2, 0) is 4.79 Å². The molecule has 7 nitrogen and oxygen atoms in total. The number of aromatic nitrogens is 2. The van der Waals surface area contributed by atoms with E-state index < -0.39 is 11.9 Å². The first-order valence-corrected chi connectivity index (χ1v) is 7.68. The maximum absolute atomic E-state index is 11.5. The summed E-state index contributed by atoms with van der Waals surface area (Å²) in [6.45, 7) is 4.20. The van der Waals surface area contributed by atoms with E-state index >= 15 is 0 Å². The van der Waals surface area contributed by atoms with Crippen LogP contribution in [0.15, 0.2) is 33.9 Å². The lowest BCUT2D eigenvalue weighted by molar-refractivity contribution is -0.117. The van der Waals surface area contributed by atoms with Gasteiger partial charge in [0.1, 0.15) is 0 Å². The van der Waals surface area contributed by atoms with Gasteiger partial charge in [0.2, 0.25) is 11.8 Å². The number of urea groups is 1. The first-order chi connectivity index (χ1) is 10.6. The van der Waals surface area contributed by atoms with Crippen LogP contribution in [0.1, 0.15) is 12.5 Å². The van der Waals surface area contributed by atoms with Crippen molar-refractivity contribution in [3.8, 4) is 11.5 Å². The highest BCUT2D eigenvalue weighted by Crippen LogP contribution is 2.23. The fraction of sp³-hybridized carbons (Fsp3) is 0.286. The zero-order valence-electron chi connectivity index (χ0n) is 12.3. The summed E-state index contributed by atoms with van der Waals surface area (Å²) in [6, 6.07) is 7.17. The highest BCUT2D eigenvalue weighted by molar-refractivity contribution is 7.99. The molecule has 3 amide bonds. The summed E-state index contributed by atoms with van der Waals surface area (Å²) >= 11 is 1.08. The molecule has 2 aromatic rings. The molecule has 8 heteroatoms. The highest BCUT2D eigenvalue weighted by atomic mass is 32.2. The molecule has 0 fully saturated rings. The molecule has 0 saturated carbocycles. The lowest BCUT2D eigenvalue weighted by Gasteiger charge is -2.02. The van der Waals surface area contributed by atoms with E-state index in [1.54, 1.807) is 6.92 Å². The van der Waals surface area contributed by atoms with Crippen LogP contribution in [-0.4, -0.2) is 34.4 Å². The molecule has 116 valence electrons. The van der Waals surface area contributed by atoms with Crippen molar-refractivity contribution in [2.75, 3.05) is 12.3 Å². The maximum atomic E-state index is 11.5. The van der Waals surface area contributed by atoms with Crippen LogP contribution in [0.25, 0.3) is 11.5 Å². The molecule has 0 unspecified atom stereocenters. The molecular formula is C14H16N4O3S. The number of carbonyl (C=O) groups is 2. The summed E-state index contributed by atoms with van der Waals surface area (Å²) in [5.74, 6) is -0.00588. The van der Waals surface area contributed by atoms with E-state index in [4.69, 9.17) is 4.42 Å². The number of aryl methyl sites for hydroxylation is 1. The van der Waals surface area contributed by atoms with E-state index in [0.29, 0.717) is 12.4 Å². The average Bonchev–Trinajstić information content (AvgIpc) is 2.94. The molecule has 0 aliphatic heterocycles. The summed E-state index contributed by atoms with van der Waals surface area (Å²) in [5, 5.41) is 12.8. The van der Waals surface area contributed by atoms with Crippen LogP contribution in [0.4, 0.5) is 4.79 Å². The summed E-state index contributed by atoms with van der Waals surface area (Å²) in [4.78, 5) is 22.7. The number of hydrogen-bond acceptors (Lipinski definition) is 6. The fourth-order valence-corrected chi connectivity index (χ4v) is 2.22. The second kappa shape index (κ2) is 7.60. The van der Waals surface area contributed by atoms with Crippen molar-refractivity contribution in [3.63, 3.8) is 0 Å². The molecule has 1 aromatic heterocycles. The smallest absolute Gasteiger partial charge is 0.321 e. The van der Waals surface area contributed by atoms with Crippen molar-refractivity contribution in [1.29, 1.82) is 0 Å². The van der Waals surface area contributed by atoms with Gasteiger partial charge in [0.05, 0.1) is 5.75 Å². The van der Waals surface area contributed by atoms with Gasteiger partial charge in [-0.1, -0.05) is 29.5 Å². The predicted molar refractivity (Wildman–Crippen MR) is 82.4 cm³/mol. The quantitative estimate of drug-likeness (QED) is 0.818. The van der Waals surface area contributed by atoms with Crippen LogP contribution in [0.5, 0.6) is 0 Å². The zero-order chi connectivity index (χ0) is 15.9. The van der Waals surface area contributed by atoms with Crippen LogP contribution in [0.3, 0.4) is 0 Å². The normalized spacial score (nSPS) is 10.3. The van der Waals surface area contributed by atoms with E-state index in [0.717, 1.165) is 22.9 Å². The van der Waals surface area contributed by atoms with Crippen molar-refractivity contribution in [3.05, 3.63) is 29.8 Å². The number of nitrogens with zero attached hydrogens (tertiary/aromatic N) is 2. The molecule has 22 heavy (non-hydrogen) atoms. The predicted octanol–water partition coefficient (Wildman–Crippen LogP) is 1.98. The molecule has 1 heterocycles. The monoisotopic (exact) mass is 320 g/mol. The number of amides is 3. The fourth-order valence-electron chi connectivity index (χ4n) is 1.66. The molecule has 0 atom stereocenters. The number of nitrogens with one attached hydrogen (secondary N) is 2. The van der Waals surface area contributed by atoms with Crippen molar-refractivity contribution in [2.45, 2.75) is 19.1 Å². The summed E-state index contributed by atoms with van der Waals surface area (Å²) in [5.41, 5.74) is 1.91. The first-order valence-electron chi connectivity index (χ1n) is 6.69. The second-order valence-corrected chi connectivity index (χ2v) is 5.37. The molecular weight excluding hydrogens is 304 g/mol. The third kappa shape index (κ3) is 4.59. The van der Waals surface area contributed by atoms with Gasteiger partial charge >= 0.3 is 6.03 Å². The van der Waals surface area contributed by atoms with Crippen LogP contribution >= 0.6 is 11.8 Å². The van der Waals surface area contributed by atoms with Crippen LogP contribution in [0.2, 0.25) is 0 Å². The molecule has 0 bridgehead atoms. The molecule has 2 N–H and O–H groups in total. The SMILES string of the molecule is CCNC(=O)NC(=O)CSc1nnc(-c2cccc(C)c2)o1. The Morgan fingerprint density at radius 1 is 1.32 bits per heavy atom. The minimum atomic E-state index is -0.515. The third-order valence-corrected chi connectivity index (χ3v) is 3.41. The lowest BCUT2D eigenvalue weighted by Crippen LogP contribution is -2.40. The van der Waals surface area contributed by atoms with Gasteiger partial charge < -0.3 is 9.73 Å². The van der Waals surface area contributed by atoms with Crippen LogP contribution < -0.4 is 10.6 Å². The Balaban J connectivity index is 1.90. The number of benzene rings is 1. The van der Waals surface area contributed by atoms with Gasteiger partial charge in [0, 0.05) is 12.1 Å². The molecule has 2 rings (SSSR count). The number of thioether (sulfide) groups is 1. The van der Waals surface area contributed by atoms with Crippen molar-refractivity contribution < 1.29 is 14.0 Å². The van der Waals surface area contributed by atoms with E-state index in [1.165, 1.54) is 0 Å². The van der Waals surface area contributed by atoms with Gasteiger partial charge in [-0.15, -0.1) is 10.2 Å². The van der Waals surface area contributed by atoms with Crippen molar-refractivity contribution in [2.24, 2.45) is 0 Å². The second-order valence-electron chi connectivity index (χ2n) is 4.44. The molecule has 1 aromatic carbocycles. The molecule has 0 radical (unpaired) electrons. The van der Waals surface area contributed by atoms with E-state index in [1.807, 2.05) is 31.2 Å². The lowest BCUT2D eigenvalue weighted by atomic mass is 10.1.